The van der Waals surface area contributed by atoms with E-state index in [2.05, 4.69) is 26.1 Å². The van der Waals surface area contributed by atoms with Crippen LogP contribution in [0.4, 0.5) is 0 Å². The van der Waals surface area contributed by atoms with Crippen molar-refractivity contribution in [1.82, 2.24) is 5.32 Å². The Morgan fingerprint density at radius 1 is 1.29 bits per heavy atom. The van der Waals surface area contributed by atoms with Crippen molar-refractivity contribution >= 4 is 0 Å². The van der Waals surface area contributed by atoms with Crippen LogP contribution < -0.4 is 5.32 Å². The highest BCUT2D eigenvalue weighted by molar-refractivity contribution is 4.88. The molecule has 0 saturated heterocycles. The fourth-order valence-corrected chi connectivity index (χ4v) is 2.93. The number of ether oxygens (including phenoxy) is 2. The summed E-state index contributed by atoms with van der Waals surface area (Å²) in [4.78, 5) is 0. The lowest BCUT2D eigenvalue weighted by Crippen LogP contribution is -2.49. The van der Waals surface area contributed by atoms with Gasteiger partial charge in [-0.1, -0.05) is 13.8 Å². The molecule has 5 unspecified atom stereocenters. The molecule has 0 aromatic rings. The highest BCUT2D eigenvalue weighted by atomic mass is 16.5. The van der Waals surface area contributed by atoms with Gasteiger partial charge < -0.3 is 14.8 Å². The molecule has 0 amide bonds. The maximum absolute atomic E-state index is 6.17. The summed E-state index contributed by atoms with van der Waals surface area (Å²) in [6.45, 7) is 10.2. The number of nitrogens with one attached hydrogen (secondary N) is 1. The standard InChI is InChI=1S/C14H29NO2/c1-6-16-9-12(4)17-14-11(3)7-10(2)8-13(14)15-5/h10-15H,6-9H2,1-5H3. The molecular weight excluding hydrogens is 214 g/mol. The maximum Gasteiger partial charge on any atom is 0.0785 e. The van der Waals surface area contributed by atoms with Crippen LogP contribution in [0.5, 0.6) is 0 Å². The first-order valence-corrected chi connectivity index (χ1v) is 6.98. The molecule has 1 rings (SSSR count). The summed E-state index contributed by atoms with van der Waals surface area (Å²) in [5.41, 5.74) is 0. The zero-order valence-electron chi connectivity index (χ0n) is 12.0. The molecule has 1 aliphatic rings. The third kappa shape index (κ3) is 4.57. The van der Waals surface area contributed by atoms with Gasteiger partial charge in [0.25, 0.3) is 0 Å². The lowest BCUT2D eigenvalue weighted by molar-refractivity contribution is -0.0957. The minimum Gasteiger partial charge on any atom is -0.379 e. The molecule has 0 spiro atoms. The van der Waals surface area contributed by atoms with Crippen LogP contribution in [0, 0.1) is 11.8 Å². The Bertz CT molecular complexity index is 210. The maximum atomic E-state index is 6.17. The van der Waals surface area contributed by atoms with Crippen molar-refractivity contribution in [3.05, 3.63) is 0 Å². The van der Waals surface area contributed by atoms with E-state index in [0.717, 1.165) is 12.5 Å². The van der Waals surface area contributed by atoms with Gasteiger partial charge in [-0.25, -0.2) is 0 Å². The fraction of sp³-hybridized carbons (Fsp3) is 1.00. The second-order valence-electron chi connectivity index (χ2n) is 5.52. The molecular formula is C14H29NO2. The van der Waals surface area contributed by atoms with Crippen LogP contribution >= 0.6 is 0 Å². The van der Waals surface area contributed by atoms with E-state index in [1.165, 1.54) is 12.8 Å². The largest absolute Gasteiger partial charge is 0.379 e. The number of hydrogen-bond donors (Lipinski definition) is 1. The number of rotatable bonds is 6. The van der Waals surface area contributed by atoms with Crippen LogP contribution in [0.3, 0.4) is 0 Å². The van der Waals surface area contributed by atoms with Crippen LogP contribution in [0.2, 0.25) is 0 Å². The number of likely N-dealkylation sites (N-methyl/N-ethyl adjacent to an activating group) is 1. The molecule has 0 radical (unpaired) electrons. The summed E-state index contributed by atoms with van der Waals surface area (Å²) in [6, 6.07) is 0.484. The smallest absolute Gasteiger partial charge is 0.0785 e. The van der Waals surface area contributed by atoms with Crippen molar-refractivity contribution in [2.75, 3.05) is 20.3 Å². The summed E-state index contributed by atoms with van der Waals surface area (Å²) in [6.07, 6.45) is 3.00. The Labute approximate surface area is 106 Å². The Kier molecular flexibility index (Phi) is 6.45. The van der Waals surface area contributed by atoms with E-state index in [4.69, 9.17) is 9.47 Å². The van der Waals surface area contributed by atoms with Gasteiger partial charge in [0.2, 0.25) is 0 Å². The topological polar surface area (TPSA) is 30.5 Å². The van der Waals surface area contributed by atoms with Crippen molar-refractivity contribution in [2.24, 2.45) is 11.8 Å². The van der Waals surface area contributed by atoms with Gasteiger partial charge in [0.05, 0.1) is 18.8 Å². The molecule has 0 aliphatic heterocycles. The van der Waals surface area contributed by atoms with E-state index >= 15 is 0 Å². The molecule has 102 valence electrons. The summed E-state index contributed by atoms with van der Waals surface area (Å²) < 4.78 is 11.6. The Morgan fingerprint density at radius 2 is 2.00 bits per heavy atom. The van der Waals surface area contributed by atoms with Gasteiger partial charge in [-0.15, -0.1) is 0 Å². The first-order valence-electron chi connectivity index (χ1n) is 6.98. The highest BCUT2D eigenvalue weighted by Crippen LogP contribution is 2.31. The molecule has 0 heterocycles. The molecule has 3 heteroatoms. The van der Waals surface area contributed by atoms with Gasteiger partial charge in [0, 0.05) is 12.6 Å². The van der Waals surface area contributed by atoms with Gasteiger partial charge in [0.15, 0.2) is 0 Å². The normalized spacial score (nSPS) is 35.8. The monoisotopic (exact) mass is 243 g/mol. The quantitative estimate of drug-likeness (QED) is 0.777. The lowest BCUT2D eigenvalue weighted by atomic mass is 9.78. The van der Waals surface area contributed by atoms with E-state index in [1.807, 2.05) is 14.0 Å². The first-order chi connectivity index (χ1) is 8.08. The fourth-order valence-electron chi connectivity index (χ4n) is 2.93. The van der Waals surface area contributed by atoms with Gasteiger partial charge in [-0.2, -0.15) is 0 Å². The van der Waals surface area contributed by atoms with E-state index in [1.54, 1.807) is 0 Å². The van der Waals surface area contributed by atoms with Crippen molar-refractivity contribution < 1.29 is 9.47 Å². The van der Waals surface area contributed by atoms with Crippen molar-refractivity contribution in [1.29, 1.82) is 0 Å². The predicted molar refractivity (Wildman–Crippen MR) is 71.2 cm³/mol. The molecule has 0 aromatic heterocycles. The Hall–Kier alpha value is -0.120. The molecule has 5 atom stereocenters. The molecule has 0 bridgehead atoms. The Balaban J connectivity index is 2.47. The summed E-state index contributed by atoms with van der Waals surface area (Å²) in [5.74, 6) is 1.42. The van der Waals surface area contributed by atoms with Gasteiger partial charge in [-0.05, 0) is 45.6 Å². The summed E-state index contributed by atoms with van der Waals surface area (Å²) >= 11 is 0. The molecule has 1 saturated carbocycles. The van der Waals surface area contributed by atoms with E-state index in [9.17, 15) is 0 Å². The highest BCUT2D eigenvalue weighted by Gasteiger charge is 2.34. The molecule has 17 heavy (non-hydrogen) atoms. The second-order valence-corrected chi connectivity index (χ2v) is 5.52. The Morgan fingerprint density at radius 3 is 2.59 bits per heavy atom. The zero-order valence-corrected chi connectivity index (χ0v) is 12.0. The van der Waals surface area contributed by atoms with Crippen LogP contribution in [-0.2, 0) is 9.47 Å². The van der Waals surface area contributed by atoms with Crippen LogP contribution in [-0.4, -0.2) is 38.5 Å². The third-order valence-corrected chi connectivity index (χ3v) is 3.70. The van der Waals surface area contributed by atoms with Gasteiger partial charge in [-0.3, -0.25) is 0 Å². The van der Waals surface area contributed by atoms with E-state index in [-0.39, 0.29) is 6.10 Å². The average molecular weight is 243 g/mol. The minimum absolute atomic E-state index is 0.187. The lowest BCUT2D eigenvalue weighted by Gasteiger charge is -2.40. The molecule has 0 aromatic carbocycles. The van der Waals surface area contributed by atoms with E-state index in [0.29, 0.717) is 24.7 Å². The molecule has 1 fully saturated rings. The van der Waals surface area contributed by atoms with Gasteiger partial charge in [0.1, 0.15) is 0 Å². The molecule has 1 aliphatic carbocycles. The second kappa shape index (κ2) is 7.34. The summed E-state index contributed by atoms with van der Waals surface area (Å²) in [7, 11) is 2.04. The van der Waals surface area contributed by atoms with Crippen LogP contribution in [0.1, 0.15) is 40.5 Å². The minimum atomic E-state index is 0.187. The molecule has 3 nitrogen and oxygen atoms in total. The van der Waals surface area contributed by atoms with Crippen molar-refractivity contribution in [3.63, 3.8) is 0 Å². The van der Waals surface area contributed by atoms with Crippen LogP contribution in [0.25, 0.3) is 0 Å². The summed E-state index contributed by atoms with van der Waals surface area (Å²) in [5, 5.41) is 3.41. The molecule has 1 N–H and O–H groups in total. The van der Waals surface area contributed by atoms with Crippen molar-refractivity contribution in [3.8, 4) is 0 Å². The van der Waals surface area contributed by atoms with Gasteiger partial charge >= 0.3 is 0 Å². The van der Waals surface area contributed by atoms with Crippen molar-refractivity contribution in [2.45, 2.75) is 58.8 Å². The zero-order chi connectivity index (χ0) is 12.8. The first kappa shape index (κ1) is 14.9. The average Bonchev–Trinajstić information content (AvgIpc) is 2.29. The third-order valence-electron chi connectivity index (χ3n) is 3.70. The van der Waals surface area contributed by atoms with Crippen LogP contribution in [0.15, 0.2) is 0 Å². The predicted octanol–water partition coefficient (Wildman–Crippen LogP) is 2.45. The number of hydrogen-bond acceptors (Lipinski definition) is 3. The SMILES string of the molecule is CCOCC(C)OC1C(C)CC(C)CC1NC. The van der Waals surface area contributed by atoms with E-state index < -0.39 is 0 Å².